The molecule has 0 aromatic rings. The van der Waals surface area contributed by atoms with E-state index < -0.39 is 12.5 Å². The van der Waals surface area contributed by atoms with Gasteiger partial charge in [0.05, 0.1) is 13.2 Å². The summed E-state index contributed by atoms with van der Waals surface area (Å²) in [6.07, 6.45) is -1.61. The molecule has 2 unspecified atom stereocenters. The molecule has 1 rings (SSSR count). The normalized spacial score (nSPS) is 21.7. The topological polar surface area (TPSA) is 58.8 Å². The van der Waals surface area contributed by atoms with Crippen LogP contribution in [0.15, 0.2) is 0 Å². The highest BCUT2D eigenvalue weighted by Crippen LogP contribution is 2.15. The fourth-order valence-corrected chi connectivity index (χ4v) is 2.38. The molecule has 0 aliphatic carbocycles. The molecule has 5 nitrogen and oxygen atoms in total. The fourth-order valence-electron chi connectivity index (χ4n) is 2.38. The minimum atomic E-state index is -2.34. The molecular weight excluding hydrogens is 292 g/mol. The Morgan fingerprint density at radius 2 is 2.10 bits per heavy atom. The maximum absolute atomic E-state index is 12.5. The van der Waals surface area contributed by atoms with E-state index in [1.54, 1.807) is 9.80 Å². The molecule has 8 heteroatoms. The minimum absolute atomic E-state index is 0. The van der Waals surface area contributed by atoms with Crippen LogP contribution in [0.1, 0.15) is 13.3 Å². The van der Waals surface area contributed by atoms with Crippen molar-refractivity contribution in [3.63, 3.8) is 0 Å². The van der Waals surface area contributed by atoms with Crippen LogP contribution in [0.3, 0.4) is 0 Å². The van der Waals surface area contributed by atoms with Crippen molar-refractivity contribution in [1.29, 1.82) is 0 Å². The lowest BCUT2D eigenvalue weighted by atomic mass is 10.1. The SMILES string of the molecule is CCC1CN(C(=O)C(N)COC)CCN1CC(F)F.Cl. The van der Waals surface area contributed by atoms with Crippen molar-refractivity contribution in [2.45, 2.75) is 31.9 Å². The zero-order chi connectivity index (χ0) is 14.4. The van der Waals surface area contributed by atoms with Crippen molar-refractivity contribution < 1.29 is 18.3 Å². The van der Waals surface area contributed by atoms with Crippen LogP contribution in [0.4, 0.5) is 8.78 Å². The molecule has 1 aliphatic heterocycles. The Morgan fingerprint density at radius 1 is 1.45 bits per heavy atom. The third kappa shape index (κ3) is 5.47. The summed E-state index contributed by atoms with van der Waals surface area (Å²) >= 11 is 0. The molecule has 20 heavy (non-hydrogen) atoms. The first kappa shape index (κ1) is 19.5. The number of hydrogen-bond acceptors (Lipinski definition) is 4. The van der Waals surface area contributed by atoms with Crippen LogP contribution in [-0.2, 0) is 9.53 Å². The predicted molar refractivity (Wildman–Crippen MR) is 75.3 cm³/mol. The number of amides is 1. The number of rotatable bonds is 6. The van der Waals surface area contributed by atoms with E-state index >= 15 is 0 Å². The molecule has 0 aromatic carbocycles. The summed E-state index contributed by atoms with van der Waals surface area (Å²) < 4.78 is 29.8. The molecule has 1 fully saturated rings. The molecule has 2 atom stereocenters. The van der Waals surface area contributed by atoms with Gasteiger partial charge in [-0.2, -0.15) is 0 Å². The van der Waals surface area contributed by atoms with Gasteiger partial charge < -0.3 is 15.4 Å². The van der Waals surface area contributed by atoms with Gasteiger partial charge in [-0.1, -0.05) is 6.92 Å². The van der Waals surface area contributed by atoms with Crippen molar-refractivity contribution in [2.24, 2.45) is 5.73 Å². The van der Waals surface area contributed by atoms with E-state index in [9.17, 15) is 13.6 Å². The fraction of sp³-hybridized carbons (Fsp3) is 0.917. The maximum Gasteiger partial charge on any atom is 0.251 e. The van der Waals surface area contributed by atoms with Gasteiger partial charge in [0.15, 0.2) is 0 Å². The van der Waals surface area contributed by atoms with Crippen LogP contribution >= 0.6 is 12.4 Å². The summed E-state index contributed by atoms with van der Waals surface area (Å²) in [5, 5.41) is 0. The second-order valence-electron chi connectivity index (χ2n) is 4.79. The number of alkyl halides is 2. The van der Waals surface area contributed by atoms with E-state index in [0.717, 1.165) is 6.42 Å². The molecule has 0 spiro atoms. The number of nitrogens with zero attached hydrogens (tertiary/aromatic N) is 2. The summed E-state index contributed by atoms with van der Waals surface area (Å²) in [7, 11) is 1.49. The second kappa shape index (κ2) is 9.44. The van der Waals surface area contributed by atoms with Gasteiger partial charge in [-0.15, -0.1) is 12.4 Å². The van der Waals surface area contributed by atoms with E-state index in [1.165, 1.54) is 7.11 Å². The molecule has 2 N–H and O–H groups in total. The Labute approximate surface area is 124 Å². The van der Waals surface area contributed by atoms with Crippen LogP contribution in [0.2, 0.25) is 0 Å². The standard InChI is InChI=1S/C12H23F2N3O2.ClH/c1-3-9-6-17(12(18)10(15)8-19-2)5-4-16(9)7-11(13)14;/h9-11H,3-8,15H2,1-2H3;1H. The Morgan fingerprint density at radius 3 is 2.60 bits per heavy atom. The van der Waals surface area contributed by atoms with Gasteiger partial charge in [-0.05, 0) is 6.42 Å². The highest BCUT2D eigenvalue weighted by atomic mass is 35.5. The molecular formula is C12H24ClF2N3O2. The number of nitrogens with two attached hydrogens (primary N) is 1. The van der Waals surface area contributed by atoms with E-state index in [0.29, 0.717) is 19.6 Å². The van der Waals surface area contributed by atoms with E-state index in [2.05, 4.69) is 0 Å². The average molecular weight is 316 g/mol. The Balaban J connectivity index is 0.00000361. The van der Waals surface area contributed by atoms with Gasteiger partial charge in [-0.3, -0.25) is 9.69 Å². The summed E-state index contributed by atoms with van der Waals surface area (Å²) in [6, 6.07) is -0.703. The number of methoxy groups -OCH3 is 1. The molecule has 0 aromatic heterocycles. The van der Waals surface area contributed by atoms with Crippen molar-refractivity contribution in [3.05, 3.63) is 0 Å². The van der Waals surface area contributed by atoms with Gasteiger partial charge in [0.2, 0.25) is 5.91 Å². The lowest BCUT2D eigenvalue weighted by Crippen LogP contribution is -2.58. The summed E-state index contributed by atoms with van der Waals surface area (Å²) in [4.78, 5) is 15.4. The van der Waals surface area contributed by atoms with Crippen LogP contribution in [0.25, 0.3) is 0 Å². The first-order chi connectivity index (χ1) is 8.99. The smallest absolute Gasteiger partial charge is 0.251 e. The molecule has 1 saturated heterocycles. The van der Waals surface area contributed by atoms with Crippen molar-refractivity contribution in [1.82, 2.24) is 9.80 Å². The third-order valence-electron chi connectivity index (χ3n) is 3.42. The monoisotopic (exact) mass is 315 g/mol. The van der Waals surface area contributed by atoms with Crippen LogP contribution < -0.4 is 5.73 Å². The predicted octanol–water partition coefficient (Wildman–Crippen LogP) is 0.570. The Kier molecular flexibility index (Phi) is 9.20. The van der Waals surface area contributed by atoms with Gasteiger partial charge in [0.1, 0.15) is 6.04 Å². The molecule has 1 aliphatic rings. The van der Waals surface area contributed by atoms with Gasteiger partial charge in [-0.25, -0.2) is 8.78 Å². The lowest BCUT2D eigenvalue weighted by molar-refractivity contribution is -0.137. The summed E-state index contributed by atoms with van der Waals surface area (Å²) in [5.41, 5.74) is 5.71. The first-order valence-corrected chi connectivity index (χ1v) is 6.55. The minimum Gasteiger partial charge on any atom is -0.383 e. The van der Waals surface area contributed by atoms with Crippen molar-refractivity contribution in [2.75, 3.05) is 39.9 Å². The molecule has 120 valence electrons. The zero-order valence-electron chi connectivity index (χ0n) is 11.9. The van der Waals surface area contributed by atoms with E-state index in [-0.39, 0.29) is 37.5 Å². The second-order valence-corrected chi connectivity index (χ2v) is 4.79. The van der Waals surface area contributed by atoms with Crippen LogP contribution in [-0.4, -0.2) is 74.1 Å². The molecule has 0 saturated carbocycles. The van der Waals surface area contributed by atoms with Crippen molar-refractivity contribution in [3.8, 4) is 0 Å². The summed E-state index contributed by atoms with van der Waals surface area (Å²) in [6.45, 7) is 3.25. The largest absolute Gasteiger partial charge is 0.383 e. The summed E-state index contributed by atoms with van der Waals surface area (Å²) in [5.74, 6) is -0.169. The number of carbonyl (C=O) groups is 1. The van der Waals surface area contributed by atoms with Crippen LogP contribution in [0, 0.1) is 0 Å². The third-order valence-corrected chi connectivity index (χ3v) is 3.42. The number of halogens is 3. The Hall–Kier alpha value is -0.500. The number of ether oxygens (including phenoxy) is 1. The zero-order valence-corrected chi connectivity index (χ0v) is 12.7. The lowest BCUT2D eigenvalue weighted by Gasteiger charge is -2.41. The van der Waals surface area contributed by atoms with E-state index in [4.69, 9.17) is 10.5 Å². The van der Waals surface area contributed by atoms with Crippen molar-refractivity contribution >= 4 is 18.3 Å². The maximum atomic E-state index is 12.5. The molecule has 0 radical (unpaired) electrons. The Bertz CT molecular complexity index is 298. The quantitative estimate of drug-likeness (QED) is 0.778. The van der Waals surface area contributed by atoms with Crippen LogP contribution in [0.5, 0.6) is 0 Å². The van der Waals surface area contributed by atoms with E-state index in [1.807, 2.05) is 6.92 Å². The average Bonchev–Trinajstić information content (AvgIpc) is 2.38. The first-order valence-electron chi connectivity index (χ1n) is 6.55. The highest BCUT2D eigenvalue weighted by Gasteiger charge is 2.31. The number of hydrogen-bond donors (Lipinski definition) is 1. The van der Waals surface area contributed by atoms with Gasteiger partial charge in [0.25, 0.3) is 6.43 Å². The number of carbonyl (C=O) groups excluding carboxylic acids is 1. The van der Waals surface area contributed by atoms with Gasteiger partial charge >= 0.3 is 0 Å². The molecule has 1 amide bonds. The number of piperazine rings is 1. The molecule has 1 heterocycles. The molecule has 0 bridgehead atoms. The van der Waals surface area contributed by atoms with Gasteiger partial charge in [0, 0.05) is 32.8 Å². The highest BCUT2D eigenvalue weighted by molar-refractivity contribution is 5.85.